The molecular formula is C19H17ClN2O3. The predicted molar refractivity (Wildman–Crippen MR) is 94.6 cm³/mol. The molecule has 0 aliphatic carbocycles. The molecule has 0 atom stereocenters. The summed E-state index contributed by atoms with van der Waals surface area (Å²) in [6.07, 6.45) is 1.53. The number of nitrogens with zero attached hydrogens (tertiary/aromatic N) is 1. The van der Waals surface area contributed by atoms with Crippen molar-refractivity contribution in [3.05, 3.63) is 70.2 Å². The van der Waals surface area contributed by atoms with Crippen LogP contribution in [0.4, 0.5) is 0 Å². The molecule has 1 aliphatic rings. The summed E-state index contributed by atoms with van der Waals surface area (Å²) in [5, 5.41) is 3.43. The fourth-order valence-electron chi connectivity index (χ4n) is 2.80. The highest BCUT2D eigenvalue weighted by Gasteiger charge is 2.36. The highest BCUT2D eigenvalue weighted by Crippen LogP contribution is 2.21. The van der Waals surface area contributed by atoms with Gasteiger partial charge in [0.25, 0.3) is 11.8 Å². The molecule has 0 radical (unpaired) electrons. The first-order chi connectivity index (χ1) is 12.1. The highest BCUT2D eigenvalue weighted by molar-refractivity contribution is 6.30. The molecule has 6 heteroatoms. The SMILES string of the molecule is O=C(CN1C(=O)c2ccccc2C1=O)NCCCc1cccc(Cl)c1. The number of benzene rings is 2. The van der Waals surface area contributed by atoms with Crippen LogP contribution in [-0.4, -0.2) is 35.7 Å². The quantitative estimate of drug-likeness (QED) is 0.639. The van der Waals surface area contributed by atoms with E-state index in [2.05, 4.69) is 5.32 Å². The molecule has 1 aliphatic heterocycles. The van der Waals surface area contributed by atoms with E-state index in [1.54, 1.807) is 24.3 Å². The Morgan fingerprint density at radius 1 is 1.00 bits per heavy atom. The Kier molecular flexibility index (Phi) is 5.14. The molecular weight excluding hydrogens is 340 g/mol. The monoisotopic (exact) mass is 356 g/mol. The number of imide groups is 1. The van der Waals surface area contributed by atoms with E-state index in [1.165, 1.54) is 0 Å². The van der Waals surface area contributed by atoms with Crippen molar-refractivity contribution in [2.24, 2.45) is 0 Å². The van der Waals surface area contributed by atoms with E-state index in [0.29, 0.717) is 22.7 Å². The molecule has 128 valence electrons. The van der Waals surface area contributed by atoms with E-state index in [0.717, 1.165) is 23.3 Å². The Morgan fingerprint density at radius 2 is 1.68 bits per heavy atom. The minimum Gasteiger partial charge on any atom is -0.355 e. The standard InChI is InChI=1S/C19H17ClN2O3/c20-14-7-3-5-13(11-14)6-4-10-21-17(23)12-22-18(24)15-8-1-2-9-16(15)19(22)25/h1-3,5,7-9,11H,4,6,10,12H2,(H,21,23). The maximum absolute atomic E-state index is 12.2. The van der Waals surface area contributed by atoms with Crippen LogP contribution in [0.5, 0.6) is 0 Å². The minimum absolute atomic E-state index is 0.260. The van der Waals surface area contributed by atoms with Crippen molar-refractivity contribution in [1.29, 1.82) is 0 Å². The Hall–Kier alpha value is -2.66. The summed E-state index contributed by atoms with van der Waals surface area (Å²) in [5.41, 5.74) is 1.80. The average molecular weight is 357 g/mol. The van der Waals surface area contributed by atoms with Crippen molar-refractivity contribution in [3.63, 3.8) is 0 Å². The van der Waals surface area contributed by atoms with E-state index in [4.69, 9.17) is 11.6 Å². The number of hydrogen-bond donors (Lipinski definition) is 1. The number of hydrogen-bond acceptors (Lipinski definition) is 3. The smallest absolute Gasteiger partial charge is 0.262 e. The summed E-state index contributed by atoms with van der Waals surface area (Å²) in [5.74, 6) is -1.19. The molecule has 5 nitrogen and oxygen atoms in total. The van der Waals surface area contributed by atoms with Crippen LogP contribution in [0, 0.1) is 0 Å². The first-order valence-corrected chi connectivity index (χ1v) is 8.40. The summed E-state index contributed by atoms with van der Waals surface area (Å²) in [7, 11) is 0. The molecule has 2 aromatic carbocycles. The van der Waals surface area contributed by atoms with Crippen LogP contribution >= 0.6 is 11.6 Å². The number of nitrogens with one attached hydrogen (secondary N) is 1. The zero-order chi connectivity index (χ0) is 17.8. The lowest BCUT2D eigenvalue weighted by molar-refractivity contribution is -0.121. The number of fused-ring (bicyclic) bond motifs is 1. The Morgan fingerprint density at radius 3 is 2.32 bits per heavy atom. The predicted octanol–water partition coefficient (Wildman–Crippen LogP) is 2.69. The van der Waals surface area contributed by atoms with Crippen molar-refractivity contribution < 1.29 is 14.4 Å². The number of rotatable bonds is 6. The third-order valence-corrected chi connectivity index (χ3v) is 4.27. The van der Waals surface area contributed by atoms with Gasteiger partial charge in [-0.1, -0.05) is 35.9 Å². The average Bonchev–Trinajstić information content (AvgIpc) is 2.84. The van der Waals surface area contributed by atoms with Crippen molar-refractivity contribution in [1.82, 2.24) is 10.2 Å². The third-order valence-electron chi connectivity index (χ3n) is 4.03. The lowest BCUT2D eigenvalue weighted by atomic mass is 10.1. The van der Waals surface area contributed by atoms with Crippen LogP contribution in [0.15, 0.2) is 48.5 Å². The Balaban J connectivity index is 1.47. The van der Waals surface area contributed by atoms with Crippen molar-refractivity contribution in [2.45, 2.75) is 12.8 Å². The van der Waals surface area contributed by atoms with Crippen LogP contribution in [0.25, 0.3) is 0 Å². The molecule has 0 aromatic heterocycles. The van der Waals surface area contributed by atoms with E-state index < -0.39 is 11.8 Å². The summed E-state index contributed by atoms with van der Waals surface area (Å²) in [4.78, 5) is 37.4. The van der Waals surface area contributed by atoms with E-state index in [1.807, 2.05) is 24.3 Å². The molecule has 3 rings (SSSR count). The van der Waals surface area contributed by atoms with Gasteiger partial charge in [-0.05, 0) is 42.7 Å². The van der Waals surface area contributed by atoms with Crippen molar-refractivity contribution in [3.8, 4) is 0 Å². The van der Waals surface area contributed by atoms with E-state index in [9.17, 15) is 14.4 Å². The van der Waals surface area contributed by atoms with Gasteiger partial charge in [-0.15, -0.1) is 0 Å². The van der Waals surface area contributed by atoms with Crippen LogP contribution in [-0.2, 0) is 11.2 Å². The topological polar surface area (TPSA) is 66.5 Å². The molecule has 1 heterocycles. The van der Waals surface area contributed by atoms with Crippen LogP contribution in [0.2, 0.25) is 5.02 Å². The Labute approximate surface area is 150 Å². The summed E-state index contributed by atoms with van der Waals surface area (Å²) in [6, 6.07) is 14.2. The molecule has 3 amide bonds. The number of halogens is 1. The van der Waals surface area contributed by atoms with Gasteiger partial charge < -0.3 is 5.32 Å². The fraction of sp³-hybridized carbons (Fsp3) is 0.211. The van der Waals surface area contributed by atoms with Gasteiger partial charge in [-0.3, -0.25) is 19.3 Å². The van der Waals surface area contributed by atoms with Crippen LogP contribution < -0.4 is 5.32 Å². The minimum atomic E-state index is -0.422. The molecule has 0 saturated heterocycles. The van der Waals surface area contributed by atoms with Gasteiger partial charge in [0.2, 0.25) is 5.91 Å². The zero-order valence-electron chi connectivity index (χ0n) is 13.5. The molecule has 0 saturated carbocycles. The van der Waals surface area contributed by atoms with Gasteiger partial charge >= 0.3 is 0 Å². The molecule has 25 heavy (non-hydrogen) atoms. The van der Waals surface area contributed by atoms with Gasteiger partial charge in [0.1, 0.15) is 6.54 Å². The third kappa shape index (κ3) is 3.88. The molecule has 0 fully saturated rings. The van der Waals surface area contributed by atoms with Crippen LogP contribution in [0.3, 0.4) is 0 Å². The van der Waals surface area contributed by atoms with E-state index in [-0.39, 0.29) is 12.5 Å². The molecule has 1 N–H and O–H groups in total. The summed E-state index contributed by atoms with van der Waals surface area (Å²) in [6.45, 7) is 0.206. The van der Waals surface area contributed by atoms with Gasteiger partial charge in [0.05, 0.1) is 11.1 Å². The normalized spacial score (nSPS) is 13.1. The van der Waals surface area contributed by atoms with Gasteiger partial charge in [0.15, 0.2) is 0 Å². The second kappa shape index (κ2) is 7.49. The maximum atomic E-state index is 12.2. The first-order valence-electron chi connectivity index (χ1n) is 8.02. The van der Waals surface area contributed by atoms with Gasteiger partial charge in [-0.25, -0.2) is 0 Å². The number of carbonyl (C=O) groups is 3. The molecule has 0 unspecified atom stereocenters. The first kappa shape index (κ1) is 17.2. The lowest BCUT2D eigenvalue weighted by Gasteiger charge is -2.13. The maximum Gasteiger partial charge on any atom is 0.262 e. The second-order valence-corrected chi connectivity index (χ2v) is 6.26. The van der Waals surface area contributed by atoms with Crippen molar-refractivity contribution >= 4 is 29.3 Å². The molecule has 2 aromatic rings. The lowest BCUT2D eigenvalue weighted by Crippen LogP contribution is -2.40. The molecule has 0 bridgehead atoms. The van der Waals surface area contributed by atoms with Gasteiger partial charge in [-0.2, -0.15) is 0 Å². The second-order valence-electron chi connectivity index (χ2n) is 5.83. The summed E-state index contributed by atoms with van der Waals surface area (Å²) >= 11 is 5.93. The number of aryl methyl sites for hydroxylation is 1. The summed E-state index contributed by atoms with van der Waals surface area (Å²) < 4.78 is 0. The number of carbonyl (C=O) groups excluding carboxylic acids is 3. The number of amides is 3. The van der Waals surface area contributed by atoms with Crippen molar-refractivity contribution in [2.75, 3.05) is 13.1 Å². The van der Waals surface area contributed by atoms with Gasteiger partial charge in [0, 0.05) is 11.6 Å². The molecule has 0 spiro atoms. The Bertz CT molecular complexity index is 800. The zero-order valence-corrected chi connectivity index (χ0v) is 14.3. The highest BCUT2D eigenvalue weighted by atomic mass is 35.5. The van der Waals surface area contributed by atoms with Crippen LogP contribution in [0.1, 0.15) is 32.7 Å². The van der Waals surface area contributed by atoms with E-state index >= 15 is 0 Å². The largest absolute Gasteiger partial charge is 0.355 e. The fourth-order valence-corrected chi connectivity index (χ4v) is 3.01.